The van der Waals surface area contributed by atoms with Gasteiger partial charge in [0.15, 0.2) is 12.4 Å². The zero-order valence-electron chi connectivity index (χ0n) is 19.8. The summed E-state index contributed by atoms with van der Waals surface area (Å²) in [6.45, 7) is 4.28. The van der Waals surface area contributed by atoms with Crippen molar-refractivity contribution < 1.29 is 19.1 Å². The van der Waals surface area contributed by atoms with Crippen molar-refractivity contribution in [3.05, 3.63) is 77.5 Å². The van der Waals surface area contributed by atoms with Gasteiger partial charge in [0.2, 0.25) is 5.91 Å². The highest BCUT2D eigenvalue weighted by molar-refractivity contribution is 6.02. The van der Waals surface area contributed by atoms with E-state index in [1.165, 1.54) is 5.01 Å². The minimum absolute atomic E-state index is 0.00917. The van der Waals surface area contributed by atoms with Crippen LogP contribution in [-0.2, 0) is 24.5 Å². The Balaban J connectivity index is 1.27. The average Bonchev–Trinajstić information content (AvgIpc) is 3.41. The number of hydrogen-bond donors (Lipinski definition) is 0. The van der Waals surface area contributed by atoms with Crippen molar-refractivity contribution >= 4 is 29.1 Å². The highest BCUT2D eigenvalue weighted by Gasteiger charge is 2.38. The van der Waals surface area contributed by atoms with Crippen LogP contribution in [0.3, 0.4) is 0 Å². The molecule has 34 heavy (non-hydrogen) atoms. The van der Waals surface area contributed by atoms with E-state index in [2.05, 4.69) is 25.0 Å². The van der Waals surface area contributed by atoms with Crippen molar-refractivity contribution in [2.45, 2.75) is 38.5 Å². The van der Waals surface area contributed by atoms with E-state index in [4.69, 9.17) is 4.74 Å². The molecule has 2 heterocycles. The molecule has 0 aromatic heterocycles. The Hall–Kier alpha value is -3.74. The third-order valence-electron chi connectivity index (χ3n) is 6.35. The van der Waals surface area contributed by atoms with E-state index in [0.717, 1.165) is 28.2 Å². The van der Waals surface area contributed by atoms with Crippen LogP contribution < -0.4 is 4.90 Å². The van der Waals surface area contributed by atoms with E-state index in [1.54, 1.807) is 6.08 Å². The van der Waals surface area contributed by atoms with Gasteiger partial charge in [0.1, 0.15) is 0 Å². The van der Waals surface area contributed by atoms with Crippen LogP contribution in [-0.4, -0.2) is 48.6 Å². The first-order valence-electron chi connectivity index (χ1n) is 11.4. The monoisotopic (exact) mass is 459 g/mol. The predicted octanol–water partition coefficient (Wildman–Crippen LogP) is 3.83. The van der Waals surface area contributed by atoms with Crippen LogP contribution in [0.15, 0.2) is 71.5 Å². The molecule has 7 nitrogen and oxygen atoms in total. The van der Waals surface area contributed by atoms with Crippen molar-refractivity contribution in [2.24, 2.45) is 5.10 Å². The lowest BCUT2D eigenvalue weighted by Gasteiger charge is -2.23. The quantitative estimate of drug-likeness (QED) is 0.465. The summed E-state index contributed by atoms with van der Waals surface area (Å²) >= 11 is 0. The van der Waals surface area contributed by atoms with Gasteiger partial charge >= 0.3 is 5.97 Å². The molecule has 2 aromatic rings. The van der Waals surface area contributed by atoms with Crippen molar-refractivity contribution in [1.29, 1.82) is 0 Å². The van der Waals surface area contributed by atoms with Gasteiger partial charge in [0.05, 0.1) is 18.7 Å². The SMILES string of the molecule is CN1/C(=C\C(=O)COC(=O)CCC(=O)N2CCC(c3ccccc3)=N2)C(C)(C)c2ccccc21. The zero-order valence-corrected chi connectivity index (χ0v) is 19.8. The molecule has 0 bridgehead atoms. The molecule has 0 spiro atoms. The number of ketones is 1. The van der Waals surface area contributed by atoms with Crippen molar-refractivity contribution in [2.75, 3.05) is 25.1 Å². The Morgan fingerprint density at radius 3 is 2.47 bits per heavy atom. The van der Waals surface area contributed by atoms with Crippen LogP contribution in [0, 0.1) is 0 Å². The van der Waals surface area contributed by atoms with Crippen LogP contribution >= 0.6 is 0 Å². The van der Waals surface area contributed by atoms with Gasteiger partial charge in [0.25, 0.3) is 0 Å². The third kappa shape index (κ3) is 4.78. The molecule has 0 unspecified atom stereocenters. The standard InChI is InChI=1S/C27H29N3O4/c1-27(2)21-11-7-8-12-23(21)29(3)24(27)17-20(31)18-34-26(33)14-13-25(32)30-16-15-22(28-30)19-9-5-4-6-10-19/h4-12,17H,13-16,18H2,1-3H3/b24-17-. The summed E-state index contributed by atoms with van der Waals surface area (Å²) in [5.74, 6) is -1.10. The van der Waals surface area contributed by atoms with Crippen molar-refractivity contribution in [3.8, 4) is 0 Å². The minimum atomic E-state index is -0.575. The largest absolute Gasteiger partial charge is 0.457 e. The Bertz CT molecular complexity index is 1170. The molecular formula is C27H29N3O4. The molecule has 7 heteroatoms. The maximum atomic E-state index is 12.5. The number of likely N-dealkylation sites (N-methyl/N-ethyl adjacent to an activating group) is 1. The second-order valence-electron chi connectivity index (χ2n) is 9.04. The van der Waals surface area contributed by atoms with E-state index in [1.807, 2.05) is 60.5 Å². The van der Waals surface area contributed by atoms with Gasteiger partial charge in [-0.15, -0.1) is 0 Å². The number of hydrazone groups is 1. The first-order chi connectivity index (χ1) is 16.3. The molecule has 0 fully saturated rings. The zero-order chi connectivity index (χ0) is 24.3. The number of amides is 1. The van der Waals surface area contributed by atoms with E-state index >= 15 is 0 Å². The van der Waals surface area contributed by atoms with Crippen molar-refractivity contribution in [3.63, 3.8) is 0 Å². The lowest BCUT2D eigenvalue weighted by atomic mass is 9.83. The van der Waals surface area contributed by atoms with E-state index in [0.29, 0.717) is 13.0 Å². The summed E-state index contributed by atoms with van der Waals surface area (Å²) in [4.78, 5) is 39.1. The fourth-order valence-electron chi connectivity index (χ4n) is 4.49. The number of rotatable bonds is 7. The molecule has 0 saturated heterocycles. The van der Waals surface area contributed by atoms with Gasteiger partial charge < -0.3 is 9.64 Å². The number of fused-ring (bicyclic) bond motifs is 1. The van der Waals surface area contributed by atoms with Crippen LogP contribution in [0.2, 0.25) is 0 Å². The normalized spacial score (nSPS) is 17.5. The van der Waals surface area contributed by atoms with Crippen LogP contribution in [0.5, 0.6) is 0 Å². The smallest absolute Gasteiger partial charge is 0.306 e. The van der Waals surface area contributed by atoms with Gasteiger partial charge in [-0.25, -0.2) is 5.01 Å². The van der Waals surface area contributed by atoms with E-state index in [-0.39, 0.29) is 36.6 Å². The van der Waals surface area contributed by atoms with Gasteiger partial charge in [-0.05, 0) is 17.2 Å². The summed E-state index contributed by atoms with van der Waals surface area (Å²) in [6.07, 6.45) is 2.12. The molecule has 1 amide bonds. The topological polar surface area (TPSA) is 79.3 Å². The highest BCUT2D eigenvalue weighted by atomic mass is 16.5. The van der Waals surface area contributed by atoms with Gasteiger partial charge in [-0.2, -0.15) is 5.10 Å². The molecule has 0 N–H and O–H groups in total. The molecule has 2 aromatic carbocycles. The summed E-state index contributed by atoms with van der Waals surface area (Å²) < 4.78 is 5.14. The molecule has 2 aliphatic heterocycles. The molecule has 0 saturated carbocycles. The number of ether oxygens (including phenoxy) is 1. The number of anilines is 1. The number of allylic oxidation sites excluding steroid dienone is 1. The number of esters is 1. The fraction of sp³-hybridized carbons (Fsp3) is 0.333. The average molecular weight is 460 g/mol. The lowest BCUT2D eigenvalue weighted by molar-refractivity contribution is -0.148. The molecule has 0 atom stereocenters. The Morgan fingerprint density at radius 2 is 1.74 bits per heavy atom. The maximum Gasteiger partial charge on any atom is 0.306 e. The van der Waals surface area contributed by atoms with Crippen LogP contribution in [0.25, 0.3) is 0 Å². The number of nitrogens with zero attached hydrogens (tertiary/aromatic N) is 3. The number of carbonyl (C=O) groups excluding carboxylic acids is 3. The summed E-state index contributed by atoms with van der Waals surface area (Å²) in [5, 5.41) is 5.79. The summed E-state index contributed by atoms with van der Waals surface area (Å²) in [7, 11) is 1.92. The molecule has 0 aliphatic carbocycles. The molecule has 0 radical (unpaired) electrons. The molecule has 176 valence electrons. The van der Waals surface area contributed by atoms with Gasteiger partial charge in [0, 0.05) is 42.8 Å². The van der Waals surface area contributed by atoms with Crippen LogP contribution in [0.4, 0.5) is 5.69 Å². The maximum absolute atomic E-state index is 12.5. The summed E-state index contributed by atoms with van der Waals surface area (Å²) in [6, 6.07) is 17.7. The van der Waals surface area contributed by atoms with Crippen LogP contribution in [0.1, 0.15) is 44.2 Å². The first kappa shape index (κ1) is 23.4. The predicted molar refractivity (Wildman–Crippen MR) is 130 cm³/mol. The fourth-order valence-corrected chi connectivity index (χ4v) is 4.49. The highest BCUT2D eigenvalue weighted by Crippen LogP contribution is 2.46. The van der Waals surface area contributed by atoms with E-state index in [9.17, 15) is 14.4 Å². The van der Waals surface area contributed by atoms with E-state index < -0.39 is 5.97 Å². The lowest BCUT2D eigenvalue weighted by Crippen LogP contribution is -2.25. The number of hydrogen-bond acceptors (Lipinski definition) is 6. The van der Waals surface area contributed by atoms with Crippen molar-refractivity contribution in [1.82, 2.24) is 5.01 Å². The third-order valence-corrected chi connectivity index (χ3v) is 6.35. The second-order valence-corrected chi connectivity index (χ2v) is 9.04. The summed E-state index contributed by atoms with van der Waals surface area (Å²) in [5.41, 5.74) is 4.58. The minimum Gasteiger partial charge on any atom is -0.457 e. The van der Waals surface area contributed by atoms with Gasteiger partial charge in [-0.3, -0.25) is 14.4 Å². The Labute approximate surface area is 199 Å². The second kappa shape index (κ2) is 9.63. The Morgan fingerprint density at radius 1 is 1.03 bits per heavy atom. The number of carbonyl (C=O) groups is 3. The molecular weight excluding hydrogens is 430 g/mol. The number of benzene rings is 2. The Kier molecular flexibility index (Phi) is 6.63. The van der Waals surface area contributed by atoms with Gasteiger partial charge in [-0.1, -0.05) is 62.4 Å². The first-order valence-corrected chi connectivity index (χ1v) is 11.4. The number of para-hydroxylation sites is 1. The molecule has 2 aliphatic rings. The molecule has 4 rings (SSSR count).